The van der Waals surface area contributed by atoms with Crippen molar-refractivity contribution in [3.8, 4) is 0 Å². The van der Waals surface area contributed by atoms with Gasteiger partial charge in [-0.3, -0.25) is 4.79 Å². The topological polar surface area (TPSA) is 35.5 Å². The zero-order valence-electron chi connectivity index (χ0n) is 11.5. The van der Waals surface area contributed by atoms with Gasteiger partial charge < -0.3 is 9.47 Å². The Bertz CT molecular complexity index is 382. The van der Waals surface area contributed by atoms with Crippen molar-refractivity contribution in [1.29, 1.82) is 0 Å². The monoisotopic (exact) mass is 262 g/mol. The smallest absolute Gasteiger partial charge is 0.166 e. The van der Waals surface area contributed by atoms with Crippen LogP contribution in [0, 0.1) is 0 Å². The minimum Gasteiger partial charge on any atom is -0.378 e. The fourth-order valence-corrected chi connectivity index (χ4v) is 2.59. The SMILES string of the molecule is COC(C(=O)CCCC1CCCO1)c1ccccc1. The number of ether oxygens (including phenoxy) is 2. The molecule has 2 atom stereocenters. The van der Waals surface area contributed by atoms with Gasteiger partial charge in [-0.25, -0.2) is 0 Å². The molecular formula is C16H22O3. The number of rotatable bonds is 7. The molecule has 0 aliphatic carbocycles. The third-order valence-electron chi connectivity index (χ3n) is 3.60. The van der Waals surface area contributed by atoms with Crippen LogP contribution in [0.25, 0.3) is 0 Å². The van der Waals surface area contributed by atoms with Crippen LogP contribution >= 0.6 is 0 Å². The largest absolute Gasteiger partial charge is 0.378 e. The second kappa shape index (κ2) is 7.41. The molecular weight excluding hydrogens is 240 g/mol. The molecule has 0 bridgehead atoms. The van der Waals surface area contributed by atoms with Gasteiger partial charge in [-0.2, -0.15) is 0 Å². The third kappa shape index (κ3) is 4.15. The Kier molecular flexibility index (Phi) is 5.55. The first-order valence-electron chi connectivity index (χ1n) is 7.03. The molecule has 2 rings (SSSR count). The molecule has 1 aliphatic rings. The van der Waals surface area contributed by atoms with Crippen LogP contribution in [0.4, 0.5) is 0 Å². The van der Waals surface area contributed by atoms with E-state index in [0.717, 1.165) is 37.9 Å². The van der Waals surface area contributed by atoms with E-state index in [1.165, 1.54) is 0 Å². The standard InChI is InChI=1S/C16H22O3/c1-18-16(13-7-3-2-4-8-13)15(17)11-5-9-14-10-6-12-19-14/h2-4,7-8,14,16H,5-6,9-12H2,1H3. The summed E-state index contributed by atoms with van der Waals surface area (Å²) in [7, 11) is 1.59. The van der Waals surface area contributed by atoms with Gasteiger partial charge >= 0.3 is 0 Å². The number of ketones is 1. The van der Waals surface area contributed by atoms with E-state index in [4.69, 9.17) is 9.47 Å². The first-order chi connectivity index (χ1) is 9.31. The van der Waals surface area contributed by atoms with Crippen LogP contribution in [0.3, 0.4) is 0 Å². The van der Waals surface area contributed by atoms with Gasteiger partial charge in [0.15, 0.2) is 5.78 Å². The average Bonchev–Trinajstić information content (AvgIpc) is 2.94. The van der Waals surface area contributed by atoms with E-state index >= 15 is 0 Å². The molecule has 0 saturated carbocycles. The van der Waals surface area contributed by atoms with Gasteiger partial charge in [-0.1, -0.05) is 30.3 Å². The van der Waals surface area contributed by atoms with Crippen LogP contribution in [-0.4, -0.2) is 25.6 Å². The van der Waals surface area contributed by atoms with Crippen LogP contribution in [0.1, 0.15) is 43.8 Å². The Balaban J connectivity index is 1.80. The molecule has 0 radical (unpaired) electrons. The predicted molar refractivity (Wildman–Crippen MR) is 74.0 cm³/mol. The number of hydrogen-bond donors (Lipinski definition) is 0. The molecule has 1 aliphatic heterocycles. The second-order valence-electron chi connectivity index (χ2n) is 5.02. The lowest BCUT2D eigenvalue weighted by atomic mass is 10.00. The number of carbonyl (C=O) groups excluding carboxylic acids is 1. The molecule has 0 aromatic heterocycles. The number of carbonyl (C=O) groups is 1. The second-order valence-corrected chi connectivity index (χ2v) is 5.02. The van der Waals surface area contributed by atoms with E-state index in [0.29, 0.717) is 12.5 Å². The van der Waals surface area contributed by atoms with Crippen molar-refractivity contribution < 1.29 is 14.3 Å². The minimum atomic E-state index is -0.425. The maximum Gasteiger partial charge on any atom is 0.166 e. The van der Waals surface area contributed by atoms with Crippen LogP contribution in [-0.2, 0) is 14.3 Å². The molecule has 0 spiro atoms. The number of methoxy groups -OCH3 is 1. The Morgan fingerprint density at radius 1 is 1.42 bits per heavy atom. The Morgan fingerprint density at radius 3 is 2.84 bits per heavy atom. The van der Waals surface area contributed by atoms with Gasteiger partial charge in [0.25, 0.3) is 0 Å². The van der Waals surface area contributed by atoms with Crippen molar-refractivity contribution in [2.24, 2.45) is 0 Å². The molecule has 2 unspecified atom stereocenters. The summed E-state index contributed by atoms with van der Waals surface area (Å²) >= 11 is 0. The number of benzene rings is 1. The zero-order valence-corrected chi connectivity index (χ0v) is 11.5. The van der Waals surface area contributed by atoms with Gasteiger partial charge in [0.05, 0.1) is 6.10 Å². The number of Topliss-reactive ketones (excluding diaryl/α,β-unsaturated/α-hetero) is 1. The van der Waals surface area contributed by atoms with E-state index in [1.807, 2.05) is 30.3 Å². The van der Waals surface area contributed by atoms with Crippen LogP contribution in [0.15, 0.2) is 30.3 Å². The molecule has 3 heteroatoms. The maximum atomic E-state index is 12.2. The molecule has 0 N–H and O–H groups in total. The molecule has 1 saturated heterocycles. The minimum absolute atomic E-state index is 0.159. The lowest BCUT2D eigenvalue weighted by Crippen LogP contribution is -2.15. The summed E-state index contributed by atoms with van der Waals surface area (Å²) in [6.45, 7) is 0.878. The highest BCUT2D eigenvalue weighted by Gasteiger charge is 2.20. The highest BCUT2D eigenvalue weighted by Crippen LogP contribution is 2.22. The highest BCUT2D eigenvalue weighted by atomic mass is 16.5. The molecule has 104 valence electrons. The van der Waals surface area contributed by atoms with E-state index in [-0.39, 0.29) is 5.78 Å². The Labute approximate surface area is 114 Å². The summed E-state index contributed by atoms with van der Waals surface area (Å²) in [6, 6.07) is 9.68. The molecule has 19 heavy (non-hydrogen) atoms. The van der Waals surface area contributed by atoms with Gasteiger partial charge in [0.2, 0.25) is 0 Å². The van der Waals surface area contributed by atoms with Crippen LogP contribution in [0.2, 0.25) is 0 Å². The lowest BCUT2D eigenvalue weighted by molar-refractivity contribution is -0.129. The van der Waals surface area contributed by atoms with Crippen molar-refractivity contribution in [1.82, 2.24) is 0 Å². The summed E-state index contributed by atoms with van der Waals surface area (Å²) in [5.74, 6) is 0.159. The van der Waals surface area contributed by atoms with Crippen molar-refractivity contribution in [3.63, 3.8) is 0 Å². The van der Waals surface area contributed by atoms with E-state index in [2.05, 4.69) is 0 Å². The van der Waals surface area contributed by atoms with Crippen molar-refractivity contribution in [2.45, 2.75) is 44.3 Å². The normalized spacial score (nSPS) is 20.4. The first-order valence-corrected chi connectivity index (χ1v) is 7.03. The fraction of sp³-hybridized carbons (Fsp3) is 0.562. The van der Waals surface area contributed by atoms with Gasteiger partial charge in [-0.15, -0.1) is 0 Å². The molecule has 1 heterocycles. The van der Waals surface area contributed by atoms with Crippen LogP contribution in [0.5, 0.6) is 0 Å². The summed E-state index contributed by atoms with van der Waals surface area (Å²) in [5, 5.41) is 0. The van der Waals surface area contributed by atoms with Crippen LogP contribution < -0.4 is 0 Å². The van der Waals surface area contributed by atoms with E-state index < -0.39 is 6.10 Å². The molecule has 0 amide bonds. The average molecular weight is 262 g/mol. The van der Waals surface area contributed by atoms with Crippen molar-refractivity contribution >= 4 is 5.78 Å². The van der Waals surface area contributed by atoms with Crippen molar-refractivity contribution in [2.75, 3.05) is 13.7 Å². The van der Waals surface area contributed by atoms with Gasteiger partial charge in [0, 0.05) is 20.1 Å². The summed E-state index contributed by atoms with van der Waals surface area (Å²) in [6.07, 6.45) is 4.67. The first kappa shape index (κ1) is 14.2. The summed E-state index contributed by atoms with van der Waals surface area (Å²) in [4.78, 5) is 12.2. The molecule has 1 aromatic rings. The maximum absolute atomic E-state index is 12.2. The predicted octanol–water partition coefficient (Wildman–Crippen LogP) is 3.29. The van der Waals surface area contributed by atoms with Crippen molar-refractivity contribution in [3.05, 3.63) is 35.9 Å². The van der Waals surface area contributed by atoms with Gasteiger partial charge in [-0.05, 0) is 31.2 Å². The van der Waals surface area contributed by atoms with Gasteiger partial charge in [0.1, 0.15) is 6.10 Å². The summed E-state index contributed by atoms with van der Waals surface area (Å²) < 4.78 is 10.9. The zero-order chi connectivity index (χ0) is 13.5. The molecule has 1 fully saturated rings. The third-order valence-corrected chi connectivity index (χ3v) is 3.60. The Hall–Kier alpha value is -1.19. The quantitative estimate of drug-likeness (QED) is 0.756. The summed E-state index contributed by atoms with van der Waals surface area (Å²) in [5.41, 5.74) is 0.937. The Morgan fingerprint density at radius 2 is 2.21 bits per heavy atom. The fourth-order valence-electron chi connectivity index (χ4n) is 2.59. The van der Waals surface area contributed by atoms with E-state index in [1.54, 1.807) is 7.11 Å². The lowest BCUT2D eigenvalue weighted by Gasteiger charge is -2.15. The molecule has 1 aromatic carbocycles. The molecule has 3 nitrogen and oxygen atoms in total. The van der Waals surface area contributed by atoms with E-state index in [9.17, 15) is 4.79 Å². The highest BCUT2D eigenvalue weighted by molar-refractivity contribution is 5.84. The number of hydrogen-bond acceptors (Lipinski definition) is 3.